The van der Waals surface area contributed by atoms with Crippen LogP contribution in [0.15, 0.2) is 53.6 Å². The molecule has 0 aliphatic rings. The Bertz CT molecular complexity index is 1060. The van der Waals surface area contributed by atoms with Crippen molar-refractivity contribution in [3.63, 3.8) is 0 Å². The fourth-order valence-corrected chi connectivity index (χ4v) is 3.35. The van der Waals surface area contributed by atoms with Crippen LogP contribution in [0.3, 0.4) is 0 Å². The molecule has 3 rings (SSSR count). The van der Waals surface area contributed by atoms with Crippen molar-refractivity contribution in [2.45, 2.75) is 11.5 Å². The zero-order chi connectivity index (χ0) is 21.0. The second-order valence-electron chi connectivity index (χ2n) is 5.95. The minimum absolute atomic E-state index is 0.0498. The monoisotopic (exact) mass is 418 g/mol. The fourth-order valence-electron chi connectivity index (χ4n) is 2.62. The van der Waals surface area contributed by atoms with Gasteiger partial charge in [-0.3, -0.25) is 4.79 Å². The molecule has 9 heteroatoms. The van der Waals surface area contributed by atoms with Crippen LogP contribution in [0.1, 0.15) is 22.3 Å². The number of carbonyl (C=O) groups excluding carboxylic acids is 1. The number of rotatable bonds is 7. The highest BCUT2D eigenvalue weighted by Crippen LogP contribution is 2.32. The van der Waals surface area contributed by atoms with E-state index in [1.165, 1.54) is 43.5 Å². The molecule has 150 valence electrons. The number of hydrogen-bond acceptors (Lipinski definition) is 5. The van der Waals surface area contributed by atoms with E-state index in [1.54, 1.807) is 12.1 Å². The molecule has 6 nitrogen and oxygen atoms in total. The fraction of sp³-hybridized carbons (Fsp3) is 0.150. The summed E-state index contributed by atoms with van der Waals surface area (Å²) in [5, 5.41) is 12.1. The van der Waals surface area contributed by atoms with Crippen LogP contribution in [0.2, 0.25) is 0 Å². The van der Waals surface area contributed by atoms with Gasteiger partial charge in [0.05, 0.1) is 29.0 Å². The number of nitrogens with one attached hydrogen (secondary N) is 1. The predicted molar refractivity (Wildman–Crippen MR) is 106 cm³/mol. The highest BCUT2D eigenvalue weighted by Gasteiger charge is 2.16. The van der Waals surface area contributed by atoms with Gasteiger partial charge < -0.3 is 15.2 Å². The highest BCUT2D eigenvalue weighted by molar-refractivity contribution is 7.99. The molecule has 1 amide bonds. The Morgan fingerprint density at radius 1 is 1.17 bits per heavy atom. The number of halogens is 2. The van der Waals surface area contributed by atoms with Crippen LogP contribution in [0, 0.1) is 0 Å². The number of ether oxygens (including phenoxy) is 1. The first-order valence-corrected chi connectivity index (χ1v) is 9.39. The van der Waals surface area contributed by atoms with Crippen molar-refractivity contribution < 1.29 is 28.2 Å². The summed E-state index contributed by atoms with van der Waals surface area (Å²) in [4.78, 5) is 27.3. The Balaban J connectivity index is 1.73. The van der Waals surface area contributed by atoms with Crippen molar-refractivity contribution >= 4 is 40.2 Å². The van der Waals surface area contributed by atoms with Crippen LogP contribution in [-0.2, 0) is 4.79 Å². The van der Waals surface area contributed by atoms with Gasteiger partial charge in [-0.05, 0) is 42.5 Å². The Kier molecular flexibility index (Phi) is 6.28. The van der Waals surface area contributed by atoms with Crippen LogP contribution in [0.5, 0.6) is 5.75 Å². The topological polar surface area (TPSA) is 88.5 Å². The number of carbonyl (C=O) groups is 2. The third-order valence-electron chi connectivity index (χ3n) is 4.03. The van der Waals surface area contributed by atoms with Gasteiger partial charge in [-0.25, -0.2) is 18.6 Å². The number of methoxy groups -OCH3 is 1. The smallest absolute Gasteiger partial charge is 0.335 e. The van der Waals surface area contributed by atoms with E-state index in [1.807, 2.05) is 0 Å². The van der Waals surface area contributed by atoms with Gasteiger partial charge in [-0.2, -0.15) is 0 Å². The predicted octanol–water partition coefficient (Wildman–Crippen LogP) is 4.61. The number of carboxylic acids is 1. The van der Waals surface area contributed by atoms with E-state index in [2.05, 4.69) is 10.3 Å². The second kappa shape index (κ2) is 8.87. The molecule has 0 aliphatic carbocycles. The Morgan fingerprint density at radius 3 is 2.52 bits per heavy atom. The minimum Gasteiger partial charge on any atom is -0.497 e. The number of fused-ring (bicyclic) bond motifs is 1. The minimum atomic E-state index is -2.69. The lowest BCUT2D eigenvalue weighted by Gasteiger charge is -2.10. The normalized spacial score (nSPS) is 10.9. The van der Waals surface area contributed by atoms with Gasteiger partial charge in [0.15, 0.2) is 0 Å². The SMILES string of the molecule is COc1ccc2c(C(F)F)cc(SCC(=O)Nc3ccc(C(=O)O)cc3)nc2c1. The summed E-state index contributed by atoms with van der Waals surface area (Å²) in [5.74, 6) is -0.988. The number of alkyl halides is 2. The van der Waals surface area contributed by atoms with E-state index in [4.69, 9.17) is 9.84 Å². The van der Waals surface area contributed by atoms with Gasteiger partial charge >= 0.3 is 5.97 Å². The molecule has 0 saturated heterocycles. The van der Waals surface area contributed by atoms with Crippen molar-refractivity contribution in [2.24, 2.45) is 0 Å². The van der Waals surface area contributed by atoms with Crippen LogP contribution in [0.25, 0.3) is 10.9 Å². The van der Waals surface area contributed by atoms with E-state index in [-0.39, 0.29) is 27.8 Å². The Labute approximate surface area is 168 Å². The molecule has 1 heterocycles. The lowest BCUT2D eigenvalue weighted by molar-refractivity contribution is -0.113. The molecule has 0 saturated carbocycles. The molecule has 0 bridgehead atoms. The van der Waals surface area contributed by atoms with Crippen LogP contribution in [0.4, 0.5) is 14.5 Å². The van der Waals surface area contributed by atoms with Crippen molar-refractivity contribution in [3.05, 3.63) is 59.7 Å². The molecule has 0 atom stereocenters. The van der Waals surface area contributed by atoms with Crippen molar-refractivity contribution in [1.82, 2.24) is 4.98 Å². The van der Waals surface area contributed by atoms with Crippen molar-refractivity contribution in [3.8, 4) is 5.75 Å². The first kappa shape index (κ1) is 20.5. The maximum atomic E-state index is 13.4. The lowest BCUT2D eigenvalue weighted by Crippen LogP contribution is -2.14. The van der Waals surface area contributed by atoms with Crippen molar-refractivity contribution in [1.29, 1.82) is 0 Å². The van der Waals surface area contributed by atoms with Gasteiger partial charge in [0, 0.05) is 22.7 Å². The second-order valence-corrected chi connectivity index (χ2v) is 6.95. The summed E-state index contributed by atoms with van der Waals surface area (Å²) in [6.07, 6.45) is -2.69. The molecule has 1 aromatic heterocycles. The van der Waals surface area contributed by atoms with Gasteiger partial charge in [0.1, 0.15) is 5.75 Å². The Morgan fingerprint density at radius 2 is 1.90 bits per heavy atom. The molecule has 0 fully saturated rings. The summed E-state index contributed by atoms with van der Waals surface area (Å²) >= 11 is 1.02. The van der Waals surface area contributed by atoms with E-state index < -0.39 is 12.4 Å². The number of aromatic nitrogens is 1. The van der Waals surface area contributed by atoms with Gasteiger partial charge in [-0.1, -0.05) is 11.8 Å². The van der Waals surface area contributed by atoms with E-state index >= 15 is 0 Å². The number of pyridine rings is 1. The average Bonchev–Trinajstić information content (AvgIpc) is 2.71. The quantitative estimate of drug-likeness (QED) is 0.545. The van der Waals surface area contributed by atoms with Crippen molar-refractivity contribution in [2.75, 3.05) is 18.2 Å². The average molecular weight is 418 g/mol. The standard InChI is InChI=1S/C20H16F2N2O4S/c1-28-13-6-7-14-15(19(21)22)9-18(24-16(14)8-13)29-10-17(25)23-12-4-2-11(3-5-12)20(26)27/h2-9,19H,10H2,1H3,(H,23,25)(H,26,27). The molecule has 0 radical (unpaired) electrons. The van der Waals surface area contributed by atoms with E-state index in [0.29, 0.717) is 22.3 Å². The summed E-state index contributed by atoms with van der Waals surface area (Å²) in [7, 11) is 1.47. The maximum absolute atomic E-state index is 13.4. The number of carboxylic acid groups (broad SMARTS) is 1. The molecule has 0 unspecified atom stereocenters. The third kappa shape index (κ3) is 5.00. The number of nitrogens with zero attached hydrogens (tertiary/aromatic N) is 1. The summed E-state index contributed by atoms with van der Waals surface area (Å²) in [6.45, 7) is 0. The molecular formula is C20H16F2N2O4S. The number of aromatic carboxylic acids is 1. The largest absolute Gasteiger partial charge is 0.497 e. The van der Waals surface area contributed by atoms with Crippen LogP contribution >= 0.6 is 11.8 Å². The maximum Gasteiger partial charge on any atom is 0.335 e. The third-order valence-corrected chi connectivity index (χ3v) is 4.94. The number of hydrogen-bond donors (Lipinski definition) is 2. The number of amides is 1. The number of benzene rings is 2. The van der Waals surface area contributed by atoms with Crippen LogP contribution in [-0.4, -0.2) is 34.8 Å². The van der Waals surface area contributed by atoms with E-state index in [0.717, 1.165) is 11.8 Å². The van der Waals surface area contributed by atoms with Gasteiger partial charge in [0.25, 0.3) is 6.43 Å². The summed E-state index contributed by atoms with van der Waals surface area (Å²) < 4.78 is 32.0. The van der Waals surface area contributed by atoms with Crippen LogP contribution < -0.4 is 10.1 Å². The molecule has 2 aromatic carbocycles. The van der Waals surface area contributed by atoms with Gasteiger partial charge in [-0.15, -0.1) is 0 Å². The summed E-state index contributed by atoms with van der Waals surface area (Å²) in [6, 6.07) is 11.7. The molecule has 2 N–H and O–H groups in total. The molecule has 29 heavy (non-hydrogen) atoms. The molecule has 0 aliphatic heterocycles. The Hall–Kier alpha value is -3.20. The van der Waals surface area contributed by atoms with Gasteiger partial charge in [0.2, 0.25) is 5.91 Å². The lowest BCUT2D eigenvalue weighted by atomic mass is 10.1. The molecule has 3 aromatic rings. The highest BCUT2D eigenvalue weighted by atomic mass is 32.2. The first-order chi connectivity index (χ1) is 13.9. The zero-order valence-corrected chi connectivity index (χ0v) is 16.0. The molecule has 0 spiro atoms. The number of thioether (sulfide) groups is 1. The first-order valence-electron chi connectivity index (χ1n) is 8.40. The molecular weight excluding hydrogens is 402 g/mol. The summed E-state index contributed by atoms with van der Waals surface area (Å²) in [5.41, 5.74) is 0.733. The zero-order valence-electron chi connectivity index (χ0n) is 15.2. The van der Waals surface area contributed by atoms with E-state index in [9.17, 15) is 18.4 Å². The number of anilines is 1.